The molecule has 72 valence electrons. The third-order valence-electron chi connectivity index (χ3n) is 2.22. The minimum absolute atomic E-state index is 0.221. The molecule has 12 heavy (non-hydrogen) atoms. The SMILES string of the molecule is OCCCCN1CC(O)C(O)C1. The molecule has 4 nitrogen and oxygen atoms in total. The summed E-state index contributed by atoms with van der Waals surface area (Å²) in [7, 11) is 0. The molecule has 0 amide bonds. The van der Waals surface area contributed by atoms with Crippen LogP contribution in [0.4, 0.5) is 0 Å². The van der Waals surface area contributed by atoms with Gasteiger partial charge in [0.2, 0.25) is 0 Å². The van der Waals surface area contributed by atoms with Gasteiger partial charge in [-0.2, -0.15) is 0 Å². The summed E-state index contributed by atoms with van der Waals surface area (Å²) in [5, 5.41) is 26.9. The summed E-state index contributed by atoms with van der Waals surface area (Å²) in [6.45, 7) is 2.20. The fourth-order valence-electron chi connectivity index (χ4n) is 1.48. The average Bonchev–Trinajstić information content (AvgIpc) is 2.32. The van der Waals surface area contributed by atoms with E-state index in [1.807, 2.05) is 4.90 Å². The molecule has 1 rings (SSSR count). The smallest absolute Gasteiger partial charge is 0.0938 e. The number of rotatable bonds is 4. The lowest BCUT2D eigenvalue weighted by atomic mass is 10.3. The van der Waals surface area contributed by atoms with Crippen molar-refractivity contribution in [2.75, 3.05) is 26.2 Å². The maximum absolute atomic E-state index is 9.18. The Morgan fingerprint density at radius 3 is 2.17 bits per heavy atom. The molecule has 1 saturated heterocycles. The van der Waals surface area contributed by atoms with Gasteiger partial charge in [-0.1, -0.05) is 0 Å². The van der Waals surface area contributed by atoms with E-state index in [4.69, 9.17) is 5.11 Å². The van der Waals surface area contributed by atoms with Crippen molar-refractivity contribution in [3.63, 3.8) is 0 Å². The predicted molar refractivity (Wildman–Crippen MR) is 44.8 cm³/mol. The lowest BCUT2D eigenvalue weighted by molar-refractivity contribution is 0.0572. The molecule has 0 aromatic rings. The quantitative estimate of drug-likeness (QED) is 0.469. The highest BCUT2D eigenvalue weighted by molar-refractivity contribution is 4.82. The van der Waals surface area contributed by atoms with Crippen LogP contribution in [0.25, 0.3) is 0 Å². The Bertz CT molecular complexity index is 121. The van der Waals surface area contributed by atoms with Crippen LogP contribution in [-0.4, -0.2) is 58.7 Å². The van der Waals surface area contributed by atoms with Gasteiger partial charge in [-0.05, 0) is 19.4 Å². The van der Waals surface area contributed by atoms with Gasteiger partial charge in [-0.25, -0.2) is 0 Å². The van der Waals surface area contributed by atoms with Crippen LogP contribution in [0.1, 0.15) is 12.8 Å². The number of aliphatic hydroxyl groups excluding tert-OH is 3. The molecular formula is C8H17NO3. The second kappa shape index (κ2) is 4.77. The Labute approximate surface area is 72.4 Å². The molecule has 2 unspecified atom stereocenters. The molecule has 0 spiro atoms. The number of likely N-dealkylation sites (tertiary alicyclic amines) is 1. The second-order valence-electron chi connectivity index (χ2n) is 3.32. The van der Waals surface area contributed by atoms with Crippen molar-refractivity contribution in [3.8, 4) is 0 Å². The highest BCUT2D eigenvalue weighted by atomic mass is 16.3. The number of hydrogen-bond donors (Lipinski definition) is 3. The molecule has 3 N–H and O–H groups in total. The van der Waals surface area contributed by atoms with E-state index in [1.54, 1.807) is 0 Å². The molecule has 0 aromatic heterocycles. The average molecular weight is 175 g/mol. The number of nitrogens with zero attached hydrogens (tertiary/aromatic N) is 1. The number of hydrogen-bond acceptors (Lipinski definition) is 4. The molecule has 0 aliphatic carbocycles. The van der Waals surface area contributed by atoms with Crippen molar-refractivity contribution in [2.24, 2.45) is 0 Å². The van der Waals surface area contributed by atoms with Gasteiger partial charge in [0.25, 0.3) is 0 Å². The molecule has 1 fully saturated rings. The normalized spacial score (nSPS) is 31.2. The minimum Gasteiger partial charge on any atom is -0.396 e. The van der Waals surface area contributed by atoms with Crippen LogP contribution >= 0.6 is 0 Å². The molecule has 0 saturated carbocycles. The van der Waals surface area contributed by atoms with Crippen LogP contribution in [0.2, 0.25) is 0 Å². The molecule has 2 atom stereocenters. The van der Waals surface area contributed by atoms with E-state index in [1.165, 1.54) is 0 Å². The zero-order valence-corrected chi connectivity index (χ0v) is 7.19. The van der Waals surface area contributed by atoms with Crippen molar-refractivity contribution in [3.05, 3.63) is 0 Å². The van der Waals surface area contributed by atoms with E-state index < -0.39 is 12.2 Å². The Kier molecular flexibility index (Phi) is 3.94. The minimum atomic E-state index is -0.584. The first-order valence-electron chi connectivity index (χ1n) is 4.43. The maximum Gasteiger partial charge on any atom is 0.0938 e. The lowest BCUT2D eigenvalue weighted by Crippen LogP contribution is -2.23. The Balaban J connectivity index is 2.10. The predicted octanol–water partition coefficient (Wildman–Crippen LogP) is -1.20. The molecule has 1 aliphatic heterocycles. The van der Waals surface area contributed by atoms with Gasteiger partial charge in [0.15, 0.2) is 0 Å². The monoisotopic (exact) mass is 175 g/mol. The molecular weight excluding hydrogens is 158 g/mol. The fourth-order valence-corrected chi connectivity index (χ4v) is 1.48. The van der Waals surface area contributed by atoms with Gasteiger partial charge < -0.3 is 15.3 Å². The first kappa shape index (κ1) is 9.92. The maximum atomic E-state index is 9.18. The number of β-amino-alcohol motifs (C(OH)–C–C–N with tert-alkyl or cyclic N) is 2. The topological polar surface area (TPSA) is 63.9 Å². The molecule has 1 aliphatic rings. The van der Waals surface area contributed by atoms with Gasteiger partial charge >= 0.3 is 0 Å². The van der Waals surface area contributed by atoms with E-state index >= 15 is 0 Å². The van der Waals surface area contributed by atoms with Crippen molar-refractivity contribution in [2.45, 2.75) is 25.0 Å². The van der Waals surface area contributed by atoms with Crippen LogP contribution in [0.15, 0.2) is 0 Å². The van der Waals surface area contributed by atoms with Gasteiger partial charge in [-0.15, -0.1) is 0 Å². The van der Waals surface area contributed by atoms with Crippen LogP contribution in [0, 0.1) is 0 Å². The standard InChI is InChI=1S/C8H17NO3/c10-4-2-1-3-9-5-7(11)8(12)6-9/h7-8,10-12H,1-6H2. The molecule has 0 radical (unpaired) electrons. The van der Waals surface area contributed by atoms with E-state index in [-0.39, 0.29) is 6.61 Å². The first-order valence-corrected chi connectivity index (χ1v) is 4.43. The summed E-state index contributed by atoms with van der Waals surface area (Å²) in [6.07, 6.45) is 0.553. The van der Waals surface area contributed by atoms with Crippen LogP contribution in [0.5, 0.6) is 0 Å². The third kappa shape index (κ3) is 2.71. The Morgan fingerprint density at radius 2 is 1.67 bits per heavy atom. The van der Waals surface area contributed by atoms with Crippen LogP contribution in [0.3, 0.4) is 0 Å². The highest BCUT2D eigenvalue weighted by Crippen LogP contribution is 2.10. The lowest BCUT2D eigenvalue weighted by Gasteiger charge is -2.13. The number of aliphatic hydroxyl groups is 3. The van der Waals surface area contributed by atoms with Gasteiger partial charge in [0.05, 0.1) is 12.2 Å². The van der Waals surface area contributed by atoms with Crippen LogP contribution < -0.4 is 0 Å². The zero-order chi connectivity index (χ0) is 8.97. The van der Waals surface area contributed by atoms with E-state index in [0.29, 0.717) is 13.1 Å². The molecule has 4 heteroatoms. The van der Waals surface area contributed by atoms with Crippen molar-refractivity contribution in [1.82, 2.24) is 4.90 Å². The Morgan fingerprint density at radius 1 is 1.08 bits per heavy atom. The van der Waals surface area contributed by atoms with Gasteiger partial charge in [0, 0.05) is 19.7 Å². The fraction of sp³-hybridized carbons (Fsp3) is 1.00. The van der Waals surface area contributed by atoms with Gasteiger partial charge in [-0.3, -0.25) is 4.90 Å². The van der Waals surface area contributed by atoms with E-state index in [0.717, 1.165) is 19.4 Å². The summed E-state index contributed by atoms with van der Waals surface area (Å²) in [5.41, 5.74) is 0. The summed E-state index contributed by atoms with van der Waals surface area (Å²) in [5.74, 6) is 0. The van der Waals surface area contributed by atoms with E-state index in [9.17, 15) is 10.2 Å². The van der Waals surface area contributed by atoms with Crippen molar-refractivity contribution >= 4 is 0 Å². The molecule has 1 heterocycles. The summed E-state index contributed by atoms with van der Waals surface area (Å²) in [4.78, 5) is 2.02. The Hall–Kier alpha value is -0.160. The largest absolute Gasteiger partial charge is 0.396 e. The van der Waals surface area contributed by atoms with E-state index in [2.05, 4.69) is 0 Å². The summed E-state index contributed by atoms with van der Waals surface area (Å²) < 4.78 is 0. The summed E-state index contributed by atoms with van der Waals surface area (Å²) >= 11 is 0. The van der Waals surface area contributed by atoms with Crippen LogP contribution in [-0.2, 0) is 0 Å². The van der Waals surface area contributed by atoms with Gasteiger partial charge in [0.1, 0.15) is 0 Å². The zero-order valence-electron chi connectivity index (χ0n) is 7.19. The van der Waals surface area contributed by atoms with Crippen molar-refractivity contribution < 1.29 is 15.3 Å². The highest BCUT2D eigenvalue weighted by Gasteiger charge is 2.28. The number of unbranched alkanes of at least 4 members (excludes halogenated alkanes) is 1. The van der Waals surface area contributed by atoms with Crippen molar-refractivity contribution in [1.29, 1.82) is 0 Å². The second-order valence-corrected chi connectivity index (χ2v) is 3.32. The molecule has 0 bridgehead atoms. The molecule has 0 aromatic carbocycles. The summed E-state index contributed by atoms with van der Waals surface area (Å²) in [6, 6.07) is 0. The first-order chi connectivity index (χ1) is 5.74. The third-order valence-corrected chi connectivity index (χ3v) is 2.22.